The highest BCUT2D eigenvalue weighted by Crippen LogP contribution is 2.47. The van der Waals surface area contributed by atoms with Crippen LogP contribution in [0.15, 0.2) is 12.1 Å². The van der Waals surface area contributed by atoms with Gasteiger partial charge < -0.3 is 15.2 Å². The molecule has 2 fully saturated rings. The molecule has 1 heterocycles. The molecule has 1 aliphatic heterocycles. The molecule has 21 heavy (non-hydrogen) atoms. The van der Waals surface area contributed by atoms with Gasteiger partial charge in [-0.2, -0.15) is 0 Å². The Kier molecular flexibility index (Phi) is 4.57. The van der Waals surface area contributed by atoms with Crippen molar-refractivity contribution in [2.45, 2.75) is 25.3 Å². The van der Waals surface area contributed by atoms with E-state index in [1.165, 1.54) is 12.8 Å². The zero-order valence-corrected chi connectivity index (χ0v) is 13.2. The first kappa shape index (κ1) is 14.9. The van der Waals surface area contributed by atoms with E-state index < -0.39 is 0 Å². The van der Waals surface area contributed by atoms with Crippen molar-refractivity contribution in [3.8, 4) is 11.5 Å². The zero-order valence-electron chi connectivity index (χ0n) is 12.4. The van der Waals surface area contributed by atoms with E-state index in [0.717, 1.165) is 49.8 Å². The fourth-order valence-electron chi connectivity index (χ4n) is 3.18. The summed E-state index contributed by atoms with van der Waals surface area (Å²) in [7, 11) is 1.65. The van der Waals surface area contributed by atoms with Crippen LogP contribution in [0.3, 0.4) is 0 Å². The molecule has 116 valence electrons. The summed E-state index contributed by atoms with van der Waals surface area (Å²) in [5.41, 5.74) is 0.860. The molecule has 2 aliphatic rings. The van der Waals surface area contributed by atoms with E-state index in [9.17, 15) is 5.11 Å². The van der Waals surface area contributed by atoms with E-state index in [2.05, 4.69) is 10.2 Å². The van der Waals surface area contributed by atoms with E-state index in [1.54, 1.807) is 13.2 Å². The first-order valence-electron chi connectivity index (χ1n) is 7.71. The molecule has 0 aromatic heterocycles. The van der Waals surface area contributed by atoms with Gasteiger partial charge in [0.1, 0.15) is 11.5 Å². The van der Waals surface area contributed by atoms with Crippen LogP contribution in [0.4, 0.5) is 0 Å². The van der Waals surface area contributed by atoms with Crippen molar-refractivity contribution in [3.05, 3.63) is 22.7 Å². The normalized spacial score (nSPS) is 21.2. The van der Waals surface area contributed by atoms with Crippen molar-refractivity contribution >= 4 is 11.6 Å². The van der Waals surface area contributed by atoms with Crippen LogP contribution in [-0.4, -0.2) is 43.3 Å². The molecule has 1 aliphatic carbocycles. The number of phenolic OH excluding ortho intramolecular Hbond substituents is 1. The van der Waals surface area contributed by atoms with Crippen LogP contribution in [0.25, 0.3) is 0 Å². The lowest BCUT2D eigenvalue weighted by Crippen LogP contribution is -2.45. The second-order valence-electron chi connectivity index (χ2n) is 5.99. The summed E-state index contributed by atoms with van der Waals surface area (Å²) in [4.78, 5) is 2.45. The molecule has 4 nitrogen and oxygen atoms in total. The first-order valence-corrected chi connectivity index (χ1v) is 8.08. The zero-order chi connectivity index (χ0) is 14.8. The van der Waals surface area contributed by atoms with Crippen LogP contribution >= 0.6 is 11.6 Å². The number of aromatic hydroxyl groups is 1. The van der Waals surface area contributed by atoms with Crippen LogP contribution in [0.1, 0.15) is 30.9 Å². The molecule has 2 N–H and O–H groups in total. The molecule has 1 aromatic rings. The summed E-state index contributed by atoms with van der Waals surface area (Å²) < 4.78 is 5.49. The van der Waals surface area contributed by atoms with Gasteiger partial charge in [0, 0.05) is 32.2 Å². The lowest BCUT2D eigenvalue weighted by Gasteiger charge is -2.36. The summed E-state index contributed by atoms with van der Waals surface area (Å²) in [6.45, 7) is 3.97. The van der Waals surface area contributed by atoms with E-state index >= 15 is 0 Å². The van der Waals surface area contributed by atoms with Gasteiger partial charge in [0.15, 0.2) is 0 Å². The monoisotopic (exact) mass is 310 g/mol. The number of benzene rings is 1. The molecule has 1 saturated heterocycles. The Hall–Kier alpha value is -0.970. The Balaban J connectivity index is 1.96. The minimum absolute atomic E-state index is 0.181. The van der Waals surface area contributed by atoms with Gasteiger partial charge in [0.2, 0.25) is 0 Å². The van der Waals surface area contributed by atoms with E-state index in [1.807, 2.05) is 6.07 Å². The van der Waals surface area contributed by atoms with Crippen LogP contribution in [0, 0.1) is 5.92 Å². The van der Waals surface area contributed by atoms with Crippen LogP contribution in [0.2, 0.25) is 5.02 Å². The molecule has 5 heteroatoms. The molecule has 1 aromatic carbocycles. The Labute approximate surface area is 131 Å². The van der Waals surface area contributed by atoms with E-state index in [0.29, 0.717) is 5.02 Å². The number of hydrogen-bond donors (Lipinski definition) is 2. The summed E-state index contributed by atoms with van der Waals surface area (Å²) in [5, 5.41) is 14.3. The topological polar surface area (TPSA) is 44.7 Å². The Morgan fingerprint density at radius 1 is 1.38 bits per heavy atom. The Bertz CT molecular complexity index is 499. The molecule has 1 atom stereocenters. The number of halogens is 1. The SMILES string of the molecule is COc1ccc(Cl)c(O)c1[C@@H](CC1CC1)N1CCNCC1. The van der Waals surface area contributed by atoms with Gasteiger partial charge in [-0.15, -0.1) is 0 Å². The minimum Gasteiger partial charge on any atom is -0.506 e. The Morgan fingerprint density at radius 3 is 2.71 bits per heavy atom. The lowest BCUT2D eigenvalue weighted by atomic mass is 9.96. The van der Waals surface area contributed by atoms with Gasteiger partial charge in [-0.1, -0.05) is 24.4 Å². The molecular formula is C16H23ClN2O2. The average molecular weight is 311 g/mol. The number of phenols is 1. The van der Waals surface area contributed by atoms with Gasteiger partial charge in [-0.25, -0.2) is 0 Å². The maximum Gasteiger partial charge on any atom is 0.142 e. The molecule has 3 rings (SSSR count). The fourth-order valence-corrected chi connectivity index (χ4v) is 3.34. The minimum atomic E-state index is 0.181. The smallest absolute Gasteiger partial charge is 0.142 e. The molecule has 0 amide bonds. The summed E-state index contributed by atoms with van der Waals surface area (Å²) >= 11 is 6.14. The van der Waals surface area contributed by atoms with Crippen LogP contribution in [-0.2, 0) is 0 Å². The molecule has 0 spiro atoms. The second-order valence-corrected chi connectivity index (χ2v) is 6.40. The summed E-state index contributed by atoms with van der Waals surface area (Å²) in [6.07, 6.45) is 3.67. The molecule has 1 saturated carbocycles. The van der Waals surface area contributed by atoms with Crippen LogP contribution in [0.5, 0.6) is 11.5 Å². The van der Waals surface area contributed by atoms with Gasteiger partial charge in [-0.05, 0) is 24.5 Å². The van der Waals surface area contributed by atoms with Gasteiger partial charge in [-0.3, -0.25) is 4.90 Å². The maximum atomic E-state index is 10.5. The molecule has 0 unspecified atom stereocenters. The van der Waals surface area contributed by atoms with Gasteiger partial charge in [0.05, 0.1) is 17.7 Å². The third-order valence-electron chi connectivity index (χ3n) is 4.53. The number of rotatable bonds is 5. The van der Waals surface area contributed by atoms with Crippen LogP contribution < -0.4 is 10.1 Å². The standard InChI is InChI=1S/C16H23ClN2O2/c1-21-14-5-4-12(17)16(20)15(14)13(10-11-2-3-11)19-8-6-18-7-9-19/h4-5,11,13,18,20H,2-3,6-10H2,1H3/t13-/m1/s1. The summed E-state index contributed by atoms with van der Waals surface area (Å²) in [6, 6.07) is 3.75. The van der Waals surface area contributed by atoms with Crippen molar-refractivity contribution in [1.29, 1.82) is 0 Å². The van der Waals surface area contributed by atoms with Crippen molar-refractivity contribution in [1.82, 2.24) is 10.2 Å². The van der Waals surface area contributed by atoms with Crippen molar-refractivity contribution in [3.63, 3.8) is 0 Å². The highest BCUT2D eigenvalue weighted by molar-refractivity contribution is 6.32. The number of piperazine rings is 1. The largest absolute Gasteiger partial charge is 0.506 e. The number of hydrogen-bond acceptors (Lipinski definition) is 4. The van der Waals surface area contributed by atoms with Crippen molar-refractivity contribution < 1.29 is 9.84 Å². The fraction of sp³-hybridized carbons (Fsp3) is 0.625. The predicted octanol–water partition coefficient (Wildman–Crippen LogP) is 2.80. The van der Waals surface area contributed by atoms with Crippen molar-refractivity contribution in [2.24, 2.45) is 5.92 Å². The highest BCUT2D eigenvalue weighted by atomic mass is 35.5. The van der Waals surface area contributed by atoms with Crippen molar-refractivity contribution in [2.75, 3.05) is 33.3 Å². The molecular weight excluding hydrogens is 288 g/mol. The number of nitrogens with zero attached hydrogens (tertiary/aromatic N) is 1. The number of ether oxygens (including phenoxy) is 1. The molecule has 0 radical (unpaired) electrons. The summed E-state index contributed by atoms with van der Waals surface area (Å²) in [5.74, 6) is 1.69. The first-order chi connectivity index (χ1) is 10.2. The lowest BCUT2D eigenvalue weighted by molar-refractivity contribution is 0.155. The van der Waals surface area contributed by atoms with Gasteiger partial charge >= 0.3 is 0 Å². The highest BCUT2D eigenvalue weighted by Gasteiger charge is 2.34. The van der Waals surface area contributed by atoms with E-state index in [-0.39, 0.29) is 11.8 Å². The average Bonchev–Trinajstić information content (AvgIpc) is 3.33. The van der Waals surface area contributed by atoms with Gasteiger partial charge in [0.25, 0.3) is 0 Å². The van der Waals surface area contributed by atoms with E-state index in [4.69, 9.17) is 16.3 Å². The second kappa shape index (κ2) is 6.42. The third-order valence-corrected chi connectivity index (χ3v) is 4.83. The molecule has 0 bridgehead atoms. The third kappa shape index (κ3) is 3.28. The number of methoxy groups -OCH3 is 1. The maximum absolute atomic E-state index is 10.5. The number of nitrogens with one attached hydrogen (secondary N) is 1. The predicted molar refractivity (Wildman–Crippen MR) is 84.2 cm³/mol. The quantitative estimate of drug-likeness (QED) is 0.878. The Morgan fingerprint density at radius 2 is 2.10 bits per heavy atom.